The molecule has 10 heteroatoms. The Labute approximate surface area is 654 Å². The highest BCUT2D eigenvalue weighted by Gasteiger charge is 2.25. The van der Waals surface area contributed by atoms with E-state index in [1.54, 1.807) is 0 Å². The largest absolute Gasteiger partial charge is 0.456 e. The van der Waals surface area contributed by atoms with Crippen LogP contribution in [0.25, 0.3) is 194 Å². The fourth-order valence-electron chi connectivity index (χ4n) is 16.7. The molecule has 0 spiro atoms. The predicted molar refractivity (Wildman–Crippen MR) is 472 cm³/mol. The summed E-state index contributed by atoms with van der Waals surface area (Å²) >= 11 is 5.51. The van der Waals surface area contributed by atoms with Gasteiger partial charge in [0, 0.05) is 116 Å². The second-order valence-electron chi connectivity index (χ2n) is 28.7. The van der Waals surface area contributed by atoms with Crippen LogP contribution in [0.5, 0.6) is 0 Å². The summed E-state index contributed by atoms with van der Waals surface area (Å²) in [5.41, 5.74) is 23.3. The number of hydrogen-bond donors (Lipinski definition) is 0. The van der Waals surface area contributed by atoms with Gasteiger partial charge in [-0.3, -0.25) is 0 Å². The number of aromatic nitrogens is 2. The Hall–Kier alpha value is -14.0. The summed E-state index contributed by atoms with van der Waals surface area (Å²) in [4.78, 5) is 15.1. The lowest BCUT2D eigenvalue weighted by Crippen LogP contribution is -2.11. The van der Waals surface area contributed by atoms with Gasteiger partial charge in [0.05, 0.1) is 5.69 Å². The van der Waals surface area contributed by atoms with E-state index in [1.165, 1.54) is 66.1 Å². The van der Waals surface area contributed by atoms with Crippen LogP contribution in [-0.4, -0.2) is 9.97 Å². The number of para-hydroxylation sites is 4. The molecule has 0 atom stereocenters. The highest BCUT2D eigenvalue weighted by molar-refractivity contribution is 7.26. The van der Waals surface area contributed by atoms with Crippen molar-refractivity contribution in [2.75, 3.05) is 9.80 Å². The third-order valence-electron chi connectivity index (χ3n) is 22.1. The van der Waals surface area contributed by atoms with Crippen molar-refractivity contribution in [3.8, 4) is 78.5 Å². The summed E-state index contributed by atoms with van der Waals surface area (Å²) in [5, 5.41) is 11.8. The fraction of sp³-hybridized carbons (Fsp3) is 0. The van der Waals surface area contributed by atoms with E-state index < -0.39 is 0 Å². The van der Waals surface area contributed by atoms with Crippen LogP contribution in [0.4, 0.5) is 34.1 Å². The molecule has 112 heavy (non-hydrogen) atoms. The number of rotatable bonds is 13. The van der Waals surface area contributed by atoms with Crippen LogP contribution in [0, 0.1) is 0 Å². The molecular formula is C102H60N4O3S3. The molecule has 0 N–H and O–H groups in total. The Balaban J connectivity index is 0.674. The van der Waals surface area contributed by atoms with Crippen molar-refractivity contribution >= 4 is 184 Å². The molecule has 0 radical (unpaired) electrons. The molecular weight excluding hydrogens is 1430 g/mol. The molecule has 0 saturated carbocycles. The third kappa shape index (κ3) is 10.8. The number of hydrogen-bond acceptors (Lipinski definition) is 10. The van der Waals surface area contributed by atoms with E-state index in [0.29, 0.717) is 17.4 Å². The minimum absolute atomic E-state index is 0.524. The Morgan fingerprint density at radius 3 is 1.34 bits per heavy atom. The summed E-state index contributed by atoms with van der Waals surface area (Å²) in [6, 6.07) is 131. The molecule has 0 aliphatic rings. The molecule has 0 unspecified atom stereocenters. The predicted octanol–water partition coefficient (Wildman–Crippen LogP) is 30.7. The first kappa shape index (κ1) is 64.0. The van der Waals surface area contributed by atoms with Crippen LogP contribution in [-0.2, 0) is 0 Å². The zero-order valence-corrected chi connectivity index (χ0v) is 62.3. The fourth-order valence-corrected chi connectivity index (χ4v) is 20.0. The third-order valence-corrected chi connectivity index (χ3v) is 25.6. The number of anilines is 6. The monoisotopic (exact) mass is 1480 g/mol. The standard InChI is InChI=1S/C102H60N4O3S3/c1-2-17-76-67(16-1)53-75(105(71-42-32-61(33-43-71)64-39-49-97-83(56-64)79-19-5-12-29-94(79)110-97)72-44-34-62(35-45-72)78-23-15-28-92-100(78)82-22-4-10-26-90(82)107-92)60-86(76)102-104-88-48-38-66(59-93(88)109-102)70-52-69(65-40-50-98-84(57-65)80-20-6-13-30-95(80)111-98)54-74(55-70)106(73-46-36-63(37-47-73)101-103-87-24-8-11-27-91(87)108-101)89-25-9-3-18-77(89)68-41-51-99-85(58-68)81-21-7-14-31-96(81)112-99/h1-60H. The zero-order valence-electron chi connectivity index (χ0n) is 59.9. The highest BCUT2D eigenvalue weighted by atomic mass is 32.1. The summed E-state index contributed by atoms with van der Waals surface area (Å²) in [6.45, 7) is 0. The van der Waals surface area contributed by atoms with Gasteiger partial charge in [0.1, 0.15) is 22.2 Å². The van der Waals surface area contributed by atoms with Crippen LogP contribution in [0.3, 0.4) is 0 Å². The molecule has 6 aromatic heterocycles. The maximum absolute atomic E-state index is 7.25. The van der Waals surface area contributed by atoms with E-state index >= 15 is 0 Å². The number of benzene rings is 17. The van der Waals surface area contributed by atoms with E-state index in [9.17, 15) is 0 Å². The first-order chi connectivity index (χ1) is 55.4. The van der Waals surface area contributed by atoms with Gasteiger partial charge in [-0.05, 0) is 237 Å². The van der Waals surface area contributed by atoms with Gasteiger partial charge in [-0.1, -0.05) is 188 Å². The second-order valence-corrected chi connectivity index (χ2v) is 32.0. The molecule has 524 valence electrons. The van der Waals surface area contributed by atoms with Crippen LogP contribution in [0.1, 0.15) is 0 Å². The molecule has 0 aliphatic heterocycles. The number of thiophene rings is 3. The number of nitrogens with zero attached hydrogens (tertiary/aromatic N) is 4. The molecule has 7 nitrogen and oxygen atoms in total. The Kier molecular flexibility index (Phi) is 14.8. The number of fused-ring (bicyclic) bond motifs is 15. The van der Waals surface area contributed by atoms with Crippen molar-refractivity contribution in [2.45, 2.75) is 0 Å². The second kappa shape index (κ2) is 25.8. The Morgan fingerprint density at radius 2 is 0.670 bits per heavy atom. The van der Waals surface area contributed by atoms with E-state index in [-0.39, 0.29) is 0 Å². The van der Waals surface area contributed by atoms with E-state index in [2.05, 4.69) is 337 Å². The average Bonchev–Trinajstić information content (AvgIpc) is 1.28. The lowest BCUT2D eigenvalue weighted by atomic mass is 9.95. The van der Waals surface area contributed by atoms with Crippen molar-refractivity contribution in [3.63, 3.8) is 0 Å². The summed E-state index contributed by atoms with van der Waals surface area (Å²) in [6.07, 6.45) is 0. The summed E-state index contributed by atoms with van der Waals surface area (Å²) in [7, 11) is 0. The van der Waals surface area contributed by atoms with Gasteiger partial charge < -0.3 is 23.1 Å². The lowest BCUT2D eigenvalue weighted by Gasteiger charge is -2.29. The Bertz CT molecular complexity index is 7700. The van der Waals surface area contributed by atoms with Gasteiger partial charge in [-0.15, -0.1) is 34.0 Å². The first-order valence-corrected chi connectivity index (χ1v) is 40.0. The van der Waals surface area contributed by atoms with E-state index in [0.717, 1.165) is 145 Å². The molecule has 6 heterocycles. The normalized spacial score (nSPS) is 11.9. The maximum atomic E-state index is 7.25. The van der Waals surface area contributed by atoms with E-state index in [1.807, 2.05) is 70.4 Å². The van der Waals surface area contributed by atoms with E-state index in [4.69, 9.17) is 23.2 Å². The maximum Gasteiger partial charge on any atom is 0.228 e. The first-order valence-electron chi connectivity index (χ1n) is 37.5. The van der Waals surface area contributed by atoms with Gasteiger partial charge in [-0.25, -0.2) is 9.97 Å². The minimum Gasteiger partial charge on any atom is -0.456 e. The molecule has 0 amide bonds. The number of furan rings is 1. The quantitative estimate of drug-likeness (QED) is 0.114. The summed E-state index contributed by atoms with van der Waals surface area (Å²) in [5.74, 6) is 1.09. The molecule has 23 rings (SSSR count). The van der Waals surface area contributed by atoms with Gasteiger partial charge >= 0.3 is 0 Å². The van der Waals surface area contributed by atoms with Crippen molar-refractivity contribution in [2.24, 2.45) is 0 Å². The summed E-state index contributed by atoms with van der Waals surface area (Å²) < 4.78 is 27.7. The van der Waals surface area contributed by atoms with Crippen LogP contribution >= 0.6 is 34.0 Å². The SMILES string of the molecule is c1ccc(N(c2ccc(-c3nc4ccccc4o3)cc2)c2cc(-c3ccc4nc(-c5cc(N(c6ccc(-c7ccc8sc9ccccc9c8c7)cc6)c6ccc(-c7cccc8oc9ccccc9c78)cc6)cc6ccccc56)oc4c3)cc(-c3ccc4sc5ccccc5c4c3)c2)c(-c2ccc3sc4ccccc4c3c2)c1. The van der Waals surface area contributed by atoms with Crippen molar-refractivity contribution in [1.29, 1.82) is 0 Å². The molecule has 0 saturated heterocycles. The smallest absolute Gasteiger partial charge is 0.228 e. The van der Waals surface area contributed by atoms with Crippen molar-refractivity contribution in [3.05, 3.63) is 364 Å². The molecule has 23 aromatic rings. The minimum atomic E-state index is 0.524. The van der Waals surface area contributed by atoms with Crippen molar-refractivity contribution < 1.29 is 13.3 Å². The average molecular weight is 1490 g/mol. The van der Waals surface area contributed by atoms with Crippen molar-refractivity contribution in [1.82, 2.24) is 9.97 Å². The highest BCUT2D eigenvalue weighted by Crippen LogP contribution is 2.50. The van der Waals surface area contributed by atoms with Gasteiger partial charge in [0.15, 0.2) is 11.2 Å². The van der Waals surface area contributed by atoms with Crippen LogP contribution in [0.15, 0.2) is 377 Å². The number of oxazole rings is 2. The Morgan fingerprint density at radius 1 is 0.214 bits per heavy atom. The molecule has 0 fully saturated rings. The van der Waals surface area contributed by atoms with Gasteiger partial charge in [-0.2, -0.15) is 0 Å². The zero-order chi connectivity index (χ0) is 73.5. The van der Waals surface area contributed by atoms with Gasteiger partial charge in [0.2, 0.25) is 11.8 Å². The topological polar surface area (TPSA) is 71.7 Å². The molecule has 0 aliphatic carbocycles. The molecule has 0 bridgehead atoms. The molecule has 17 aromatic carbocycles. The van der Waals surface area contributed by atoms with Gasteiger partial charge in [0.25, 0.3) is 0 Å². The lowest BCUT2D eigenvalue weighted by molar-refractivity contribution is 0.619. The van der Waals surface area contributed by atoms with Crippen LogP contribution in [0.2, 0.25) is 0 Å². The van der Waals surface area contributed by atoms with Crippen LogP contribution < -0.4 is 9.80 Å².